The van der Waals surface area contributed by atoms with E-state index in [2.05, 4.69) is 11.0 Å². The van der Waals surface area contributed by atoms with Gasteiger partial charge in [-0.3, -0.25) is 5.84 Å². The van der Waals surface area contributed by atoms with Crippen molar-refractivity contribution in [2.45, 2.75) is 0 Å². The van der Waals surface area contributed by atoms with Crippen molar-refractivity contribution in [3.63, 3.8) is 0 Å². The molecule has 0 saturated carbocycles. The van der Waals surface area contributed by atoms with Gasteiger partial charge in [-0.25, -0.2) is 5.43 Å². The Hall–Kier alpha value is -0.160. The van der Waals surface area contributed by atoms with E-state index in [9.17, 15) is 0 Å². The molecular weight excluding hydrogens is 80.0 g/mol. The van der Waals surface area contributed by atoms with Gasteiger partial charge >= 0.3 is 0 Å². The average molecular weight is 90.1 g/mol. The maximum absolute atomic E-state index is 5.06. The van der Waals surface area contributed by atoms with Crippen LogP contribution in [0.25, 0.3) is 0 Å². The highest BCUT2D eigenvalue weighted by atomic mass is 15.8. The Morgan fingerprint density at radius 1 is 1.67 bits per heavy atom. The molecule has 38 valence electrons. The first-order valence-corrected chi connectivity index (χ1v) is 1.68. The summed E-state index contributed by atoms with van der Waals surface area (Å²) in [6.07, 6.45) is 0. The van der Waals surface area contributed by atoms with Crippen LogP contribution in [0.2, 0.25) is 0 Å². The number of hydrogen-bond donors (Lipinski definition) is 3. The van der Waals surface area contributed by atoms with Gasteiger partial charge in [0.2, 0.25) is 0 Å². The fraction of sp³-hybridized carbons (Fsp3) is 1.00. The first-order chi connectivity index (χ1) is 2.77. The molecule has 4 N–H and O–H groups in total. The van der Waals surface area contributed by atoms with Gasteiger partial charge in [0.25, 0.3) is 0 Å². The van der Waals surface area contributed by atoms with Gasteiger partial charge in [0, 0.05) is 7.05 Å². The minimum Gasteiger partial charge on any atom is -0.254 e. The van der Waals surface area contributed by atoms with Crippen LogP contribution in [0.4, 0.5) is 0 Å². The molecule has 0 aliphatic carbocycles. The van der Waals surface area contributed by atoms with E-state index in [1.807, 2.05) is 0 Å². The molecule has 0 bridgehead atoms. The largest absolute Gasteiger partial charge is 0.254 e. The van der Waals surface area contributed by atoms with Gasteiger partial charge in [-0.1, -0.05) is 0 Å². The van der Waals surface area contributed by atoms with E-state index < -0.39 is 0 Å². The molecule has 0 fully saturated rings. The predicted octanol–water partition coefficient (Wildman–Crippen LogP) is -1.57. The van der Waals surface area contributed by atoms with Gasteiger partial charge in [-0.2, -0.15) is 10.7 Å². The SMILES string of the molecule is CNNN(C)N. The van der Waals surface area contributed by atoms with Crippen molar-refractivity contribution in [1.82, 2.24) is 16.1 Å². The van der Waals surface area contributed by atoms with Gasteiger partial charge in [-0.05, 0) is 7.05 Å². The lowest BCUT2D eigenvalue weighted by atomic mass is 11.4. The highest BCUT2D eigenvalue weighted by molar-refractivity contribution is 4.09. The number of nitrogens with zero attached hydrogens (tertiary/aromatic N) is 1. The smallest absolute Gasteiger partial charge is 0.0185 e. The number of rotatable bonds is 2. The van der Waals surface area contributed by atoms with E-state index in [1.165, 1.54) is 5.12 Å². The third-order valence-electron chi connectivity index (χ3n) is 0.288. The summed E-state index contributed by atoms with van der Waals surface area (Å²) < 4.78 is 0. The maximum Gasteiger partial charge on any atom is 0.0185 e. The minimum absolute atomic E-state index is 1.32. The van der Waals surface area contributed by atoms with Gasteiger partial charge < -0.3 is 0 Å². The standard InChI is InChI=1S/C2H10N4/c1-4-5-6(2)3/h4-5H,3H2,1-2H3. The Labute approximate surface area is 37.2 Å². The Morgan fingerprint density at radius 3 is 2.17 bits per heavy atom. The zero-order valence-electron chi connectivity index (χ0n) is 4.02. The van der Waals surface area contributed by atoms with Gasteiger partial charge in [-0.15, -0.1) is 0 Å². The predicted molar refractivity (Wildman–Crippen MR) is 24.1 cm³/mol. The van der Waals surface area contributed by atoms with Crippen LogP contribution in [0.1, 0.15) is 0 Å². The molecule has 0 aliphatic rings. The first kappa shape index (κ1) is 5.84. The number of nitrogens with two attached hydrogens (primary N) is 1. The number of nitrogens with one attached hydrogen (secondary N) is 2. The summed E-state index contributed by atoms with van der Waals surface area (Å²) in [5, 5.41) is 1.32. The molecule has 0 aromatic carbocycles. The van der Waals surface area contributed by atoms with Crippen molar-refractivity contribution < 1.29 is 0 Å². The summed E-state index contributed by atoms with van der Waals surface area (Å²) >= 11 is 0. The minimum atomic E-state index is 1.32. The van der Waals surface area contributed by atoms with Crippen LogP contribution >= 0.6 is 0 Å². The number of hydrazine groups is 3. The van der Waals surface area contributed by atoms with E-state index >= 15 is 0 Å². The van der Waals surface area contributed by atoms with Gasteiger partial charge in [0.1, 0.15) is 0 Å². The van der Waals surface area contributed by atoms with Crippen LogP contribution in [-0.2, 0) is 0 Å². The van der Waals surface area contributed by atoms with Crippen LogP contribution in [0, 0.1) is 0 Å². The summed E-state index contributed by atoms with van der Waals surface area (Å²) in [5.74, 6) is 5.06. The zero-order valence-corrected chi connectivity index (χ0v) is 4.02. The molecule has 0 aromatic rings. The molecule has 0 rings (SSSR count). The second-order valence-electron chi connectivity index (χ2n) is 0.973. The second-order valence-corrected chi connectivity index (χ2v) is 0.973. The lowest BCUT2D eigenvalue weighted by molar-refractivity contribution is 0.208. The normalized spacial score (nSPS) is 10.0. The van der Waals surface area contributed by atoms with Crippen molar-refractivity contribution in [2.75, 3.05) is 14.1 Å². The first-order valence-electron chi connectivity index (χ1n) is 1.68. The van der Waals surface area contributed by atoms with E-state index in [0.29, 0.717) is 0 Å². The average Bonchev–Trinajstić information content (AvgIpc) is 1.35. The molecule has 0 unspecified atom stereocenters. The molecule has 6 heavy (non-hydrogen) atoms. The summed E-state index contributed by atoms with van der Waals surface area (Å²) in [6.45, 7) is 0. The van der Waals surface area contributed by atoms with Gasteiger partial charge in [0.05, 0.1) is 0 Å². The zero-order chi connectivity index (χ0) is 4.99. The van der Waals surface area contributed by atoms with E-state index in [-0.39, 0.29) is 0 Å². The van der Waals surface area contributed by atoms with E-state index in [4.69, 9.17) is 5.84 Å². The summed E-state index contributed by atoms with van der Waals surface area (Å²) in [4.78, 5) is 0. The van der Waals surface area contributed by atoms with Crippen LogP contribution in [0.3, 0.4) is 0 Å². The monoisotopic (exact) mass is 90.1 g/mol. The Bertz CT molecular complexity index is 26.7. The third-order valence-corrected chi connectivity index (χ3v) is 0.288. The van der Waals surface area contributed by atoms with Crippen molar-refractivity contribution >= 4 is 0 Å². The Morgan fingerprint density at radius 2 is 2.17 bits per heavy atom. The van der Waals surface area contributed by atoms with E-state index in [0.717, 1.165) is 0 Å². The summed E-state index contributed by atoms with van der Waals surface area (Å²) in [7, 11) is 3.43. The molecule has 0 aromatic heterocycles. The molecule has 0 saturated heterocycles. The topological polar surface area (TPSA) is 53.3 Å². The van der Waals surface area contributed by atoms with Crippen molar-refractivity contribution in [3.8, 4) is 0 Å². The maximum atomic E-state index is 5.06. The Balaban J connectivity index is 2.63. The fourth-order valence-corrected chi connectivity index (χ4v) is 0.176. The van der Waals surface area contributed by atoms with Crippen LogP contribution in [0.15, 0.2) is 0 Å². The molecule has 4 heteroatoms. The Kier molecular flexibility index (Phi) is 2.97. The summed E-state index contributed by atoms with van der Waals surface area (Å²) in [5.41, 5.74) is 5.19. The molecule has 0 amide bonds. The van der Waals surface area contributed by atoms with Crippen molar-refractivity contribution in [3.05, 3.63) is 0 Å². The summed E-state index contributed by atoms with van der Waals surface area (Å²) in [6, 6.07) is 0. The van der Waals surface area contributed by atoms with Crippen LogP contribution in [-0.4, -0.2) is 19.2 Å². The van der Waals surface area contributed by atoms with E-state index in [1.54, 1.807) is 14.1 Å². The second kappa shape index (κ2) is 3.05. The highest BCUT2D eigenvalue weighted by Gasteiger charge is 1.74. The van der Waals surface area contributed by atoms with Crippen LogP contribution < -0.4 is 16.8 Å². The van der Waals surface area contributed by atoms with Crippen LogP contribution in [0.5, 0.6) is 0 Å². The molecule has 0 aliphatic heterocycles. The highest BCUT2D eigenvalue weighted by Crippen LogP contribution is 1.41. The molecular formula is C2H10N4. The van der Waals surface area contributed by atoms with Crippen molar-refractivity contribution in [2.24, 2.45) is 5.84 Å². The quantitative estimate of drug-likeness (QED) is 0.283. The van der Waals surface area contributed by atoms with Crippen molar-refractivity contribution in [1.29, 1.82) is 0 Å². The van der Waals surface area contributed by atoms with Gasteiger partial charge in [0.15, 0.2) is 0 Å². The molecule has 4 nitrogen and oxygen atoms in total. The molecule has 0 heterocycles. The molecule has 0 spiro atoms. The lowest BCUT2D eigenvalue weighted by Gasteiger charge is -2.07. The molecule has 0 atom stereocenters. The molecule has 0 radical (unpaired) electrons. The number of hydrogen-bond acceptors (Lipinski definition) is 4. The third kappa shape index (κ3) is 3.84. The lowest BCUT2D eigenvalue weighted by Crippen LogP contribution is -2.46. The fourth-order valence-electron chi connectivity index (χ4n) is 0.176.